The van der Waals surface area contributed by atoms with Crippen LogP contribution in [0.25, 0.3) is 0 Å². The molecule has 2 rings (SSSR count). The van der Waals surface area contributed by atoms with E-state index in [1.54, 1.807) is 7.11 Å². The summed E-state index contributed by atoms with van der Waals surface area (Å²) in [6.07, 6.45) is 2.17. The first-order chi connectivity index (χ1) is 10.7. The van der Waals surface area contributed by atoms with E-state index in [1.165, 1.54) is 10.5 Å². The van der Waals surface area contributed by atoms with Crippen molar-refractivity contribution < 1.29 is 14.4 Å². The van der Waals surface area contributed by atoms with Crippen LogP contribution in [0.5, 0.6) is 5.75 Å². The summed E-state index contributed by atoms with van der Waals surface area (Å²) in [6.45, 7) is 8.83. The maximum atomic E-state index is 12.6. The number of carbonyl (C=O) groups is 1. The molecule has 0 spiro atoms. The Morgan fingerprint density at radius 1 is 1.36 bits per heavy atom. The molecule has 0 radical (unpaired) electrons. The first-order valence-electron chi connectivity index (χ1n) is 8.43. The molecule has 1 saturated heterocycles. The van der Waals surface area contributed by atoms with Crippen LogP contribution in [0, 0.1) is 5.92 Å². The summed E-state index contributed by atoms with van der Waals surface area (Å²) in [4.78, 5) is 16.0. The van der Waals surface area contributed by atoms with Crippen LogP contribution < -0.4 is 9.64 Å². The van der Waals surface area contributed by atoms with Gasteiger partial charge >= 0.3 is 0 Å². The summed E-state index contributed by atoms with van der Waals surface area (Å²) < 4.78 is 5.29. The zero-order valence-corrected chi connectivity index (χ0v) is 14.1. The molecule has 1 aromatic rings. The highest BCUT2D eigenvalue weighted by molar-refractivity contribution is 5.78. The summed E-state index contributed by atoms with van der Waals surface area (Å²) in [5.74, 6) is 1.44. The van der Waals surface area contributed by atoms with Gasteiger partial charge in [0.1, 0.15) is 12.3 Å². The van der Waals surface area contributed by atoms with Gasteiger partial charge in [0.05, 0.1) is 26.1 Å². The van der Waals surface area contributed by atoms with Crippen LogP contribution >= 0.6 is 0 Å². The van der Waals surface area contributed by atoms with Crippen molar-refractivity contribution in [3.63, 3.8) is 0 Å². The highest BCUT2D eigenvalue weighted by Gasteiger charge is 2.30. The number of piperidine rings is 1. The Labute approximate surface area is 134 Å². The standard InChI is InChI=1S/C18H28N2O2/c1-4-20(5-2)18(21)16-9-7-11-19(14-16)13-15-8-6-10-17(12-15)22-3/h6,8,10,12,16H,4-5,7,9,11,13-14H2,1-3H3/p+1/t16-/m1/s1. The highest BCUT2D eigenvalue weighted by Crippen LogP contribution is 2.14. The molecule has 0 aliphatic carbocycles. The van der Waals surface area contributed by atoms with Crippen LogP contribution in [0.15, 0.2) is 24.3 Å². The molecular weight excluding hydrogens is 276 g/mol. The molecule has 0 saturated carbocycles. The molecule has 0 bridgehead atoms. The summed E-state index contributed by atoms with van der Waals surface area (Å²) in [6, 6.07) is 8.26. The average molecular weight is 305 g/mol. The largest absolute Gasteiger partial charge is 0.497 e. The number of likely N-dealkylation sites (tertiary alicyclic amines) is 1. The van der Waals surface area contributed by atoms with Crippen molar-refractivity contribution in [1.82, 2.24) is 4.90 Å². The Morgan fingerprint density at radius 2 is 2.14 bits per heavy atom. The minimum atomic E-state index is 0.189. The number of hydrogen-bond acceptors (Lipinski definition) is 2. The van der Waals surface area contributed by atoms with E-state index in [1.807, 2.05) is 17.0 Å². The van der Waals surface area contributed by atoms with Crippen molar-refractivity contribution in [3.8, 4) is 5.75 Å². The van der Waals surface area contributed by atoms with Crippen molar-refractivity contribution in [2.45, 2.75) is 33.2 Å². The van der Waals surface area contributed by atoms with E-state index in [4.69, 9.17) is 4.74 Å². The van der Waals surface area contributed by atoms with E-state index in [0.717, 1.165) is 51.3 Å². The second kappa shape index (κ2) is 8.18. The lowest BCUT2D eigenvalue weighted by Crippen LogP contribution is -3.12. The number of carbonyl (C=O) groups excluding carboxylic acids is 1. The van der Waals surface area contributed by atoms with Crippen LogP contribution in [0.3, 0.4) is 0 Å². The molecule has 0 aromatic heterocycles. The zero-order valence-electron chi connectivity index (χ0n) is 14.1. The fraction of sp³-hybridized carbons (Fsp3) is 0.611. The Bertz CT molecular complexity index is 486. The molecule has 1 aromatic carbocycles. The smallest absolute Gasteiger partial charge is 0.231 e. The van der Waals surface area contributed by atoms with Gasteiger partial charge in [-0.15, -0.1) is 0 Å². The summed E-state index contributed by atoms with van der Waals surface area (Å²) >= 11 is 0. The number of quaternary nitrogens is 1. The number of benzene rings is 1. The van der Waals surface area contributed by atoms with Crippen LogP contribution in [0.1, 0.15) is 32.3 Å². The van der Waals surface area contributed by atoms with Gasteiger partial charge in [0.25, 0.3) is 0 Å². The molecule has 22 heavy (non-hydrogen) atoms. The molecule has 4 nitrogen and oxygen atoms in total. The van der Waals surface area contributed by atoms with E-state index in [2.05, 4.69) is 26.0 Å². The molecule has 1 aliphatic heterocycles. The lowest BCUT2D eigenvalue weighted by Gasteiger charge is -2.32. The Kier molecular flexibility index (Phi) is 6.25. The maximum Gasteiger partial charge on any atom is 0.231 e. The van der Waals surface area contributed by atoms with Crippen LogP contribution in [-0.4, -0.2) is 44.1 Å². The molecule has 1 amide bonds. The van der Waals surface area contributed by atoms with Crippen molar-refractivity contribution in [2.24, 2.45) is 5.92 Å². The molecule has 1 N–H and O–H groups in total. The number of amides is 1. The SMILES string of the molecule is CCN(CC)C(=O)[C@@H]1CCC[NH+](Cc2cccc(OC)c2)C1. The van der Waals surface area contributed by atoms with Gasteiger partial charge in [-0.25, -0.2) is 0 Å². The van der Waals surface area contributed by atoms with E-state index < -0.39 is 0 Å². The molecule has 1 heterocycles. The van der Waals surface area contributed by atoms with E-state index in [9.17, 15) is 4.79 Å². The average Bonchev–Trinajstić information content (AvgIpc) is 2.56. The number of ether oxygens (including phenoxy) is 1. The van der Waals surface area contributed by atoms with Gasteiger partial charge < -0.3 is 14.5 Å². The van der Waals surface area contributed by atoms with E-state index >= 15 is 0 Å². The summed E-state index contributed by atoms with van der Waals surface area (Å²) in [5.41, 5.74) is 1.28. The Balaban J connectivity index is 1.96. The van der Waals surface area contributed by atoms with Crippen LogP contribution in [-0.2, 0) is 11.3 Å². The van der Waals surface area contributed by atoms with Crippen molar-refractivity contribution in [1.29, 1.82) is 0 Å². The van der Waals surface area contributed by atoms with Gasteiger partial charge in [-0.3, -0.25) is 4.79 Å². The van der Waals surface area contributed by atoms with E-state index in [-0.39, 0.29) is 5.92 Å². The Morgan fingerprint density at radius 3 is 2.82 bits per heavy atom. The summed E-state index contributed by atoms with van der Waals surface area (Å²) in [5, 5.41) is 0. The first kappa shape index (κ1) is 16.8. The van der Waals surface area contributed by atoms with Crippen LogP contribution in [0.2, 0.25) is 0 Å². The number of nitrogens with zero attached hydrogens (tertiary/aromatic N) is 1. The molecule has 2 atom stereocenters. The number of rotatable bonds is 6. The third-order valence-corrected chi connectivity index (χ3v) is 4.63. The predicted octanol–water partition coefficient (Wildman–Crippen LogP) is 1.36. The number of methoxy groups -OCH3 is 1. The maximum absolute atomic E-state index is 12.6. The summed E-state index contributed by atoms with van der Waals surface area (Å²) in [7, 11) is 1.70. The highest BCUT2D eigenvalue weighted by atomic mass is 16.5. The molecule has 1 unspecified atom stereocenters. The van der Waals surface area contributed by atoms with Gasteiger partial charge in [-0.1, -0.05) is 12.1 Å². The second-order valence-corrected chi connectivity index (χ2v) is 6.08. The first-order valence-corrected chi connectivity index (χ1v) is 8.43. The predicted molar refractivity (Wildman–Crippen MR) is 88.0 cm³/mol. The van der Waals surface area contributed by atoms with Gasteiger partial charge in [0.15, 0.2) is 0 Å². The van der Waals surface area contributed by atoms with Crippen LogP contribution in [0.4, 0.5) is 0 Å². The van der Waals surface area contributed by atoms with Gasteiger partial charge in [0.2, 0.25) is 5.91 Å². The van der Waals surface area contributed by atoms with E-state index in [0.29, 0.717) is 5.91 Å². The lowest BCUT2D eigenvalue weighted by molar-refractivity contribution is -0.921. The van der Waals surface area contributed by atoms with Gasteiger partial charge in [0, 0.05) is 18.7 Å². The minimum absolute atomic E-state index is 0.189. The second-order valence-electron chi connectivity index (χ2n) is 6.08. The molecule has 1 fully saturated rings. The number of nitrogens with one attached hydrogen (secondary N) is 1. The topological polar surface area (TPSA) is 34.0 Å². The molecule has 1 aliphatic rings. The normalized spacial score (nSPS) is 21.4. The fourth-order valence-corrected chi connectivity index (χ4v) is 3.39. The molecule has 4 heteroatoms. The third-order valence-electron chi connectivity index (χ3n) is 4.63. The van der Waals surface area contributed by atoms with Gasteiger partial charge in [-0.05, 0) is 38.8 Å². The van der Waals surface area contributed by atoms with Gasteiger partial charge in [-0.2, -0.15) is 0 Å². The minimum Gasteiger partial charge on any atom is -0.497 e. The lowest BCUT2D eigenvalue weighted by atomic mass is 9.96. The third kappa shape index (κ3) is 4.23. The quantitative estimate of drug-likeness (QED) is 0.861. The number of hydrogen-bond donors (Lipinski definition) is 1. The Hall–Kier alpha value is -1.55. The fourth-order valence-electron chi connectivity index (χ4n) is 3.39. The van der Waals surface area contributed by atoms with Crippen molar-refractivity contribution in [3.05, 3.63) is 29.8 Å². The molecule has 122 valence electrons. The monoisotopic (exact) mass is 305 g/mol. The zero-order chi connectivity index (χ0) is 15.9. The van der Waals surface area contributed by atoms with Crippen molar-refractivity contribution >= 4 is 5.91 Å². The van der Waals surface area contributed by atoms with Crippen molar-refractivity contribution in [2.75, 3.05) is 33.3 Å². The molecular formula is C18H29N2O2+.